The molecular formula is C24H26N2O4S. The molecule has 3 atom stereocenters. The van der Waals surface area contributed by atoms with E-state index in [1.54, 1.807) is 12.3 Å². The molecule has 0 aliphatic carbocycles. The van der Waals surface area contributed by atoms with E-state index >= 15 is 0 Å². The van der Waals surface area contributed by atoms with Gasteiger partial charge in [0.25, 0.3) is 0 Å². The van der Waals surface area contributed by atoms with E-state index in [-0.39, 0.29) is 12.2 Å². The van der Waals surface area contributed by atoms with Crippen molar-refractivity contribution in [3.63, 3.8) is 0 Å². The molecule has 0 saturated carbocycles. The Kier molecular flexibility index (Phi) is 7.90. The molecule has 1 aromatic heterocycles. The maximum Gasteiger partial charge on any atom is 0.219 e. The molecule has 4 rings (SSSR count). The van der Waals surface area contributed by atoms with Crippen molar-refractivity contribution in [2.24, 2.45) is 0 Å². The third-order valence-electron chi connectivity index (χ3n) is 4.91. The van der Waals surface area contributed by atoms with Gasteiger partial charge in [0.05, 0.1) is 25.9 Å². The number of ether oxygens (including phenoxy) is 4. The maximum absolute atomic E-state index is 6.20. The van der Waals surface area contributed by atoms with Crippen LogP contribution in [-0.2, 0) is 27.4 Å². The highest BCUT2D eigenvalue weighted by Gasteiger charge is 2.38. The zero-order valence-corrected chi connectivity index (χ0v) is 18.2. The van der Waals surface area contributed by atoms with Crippen LogP contribution in [0, 0.1) is 0 Å². The minimum Gasteiger partial charge on any atom is -0.448 e. The van der Waals surface area contributed by atoms with Gasteiger partial charge in [0.1, 0.15) is 6.10 Å². The fourth-order valence-electron chi connectivity index (χ4n) is 3.35. The number of hydrogen-bond acceptors (Lipinski definition) is 7. The zero-order valence-electron chi connectivity index (χ0n) is 17.4. The Hall–Kier alpha value is -2.45. The first-order valence-electron chi connectivity index (χ1n) is 10.3. The van der Waals surface area contributed by atoms with Gasteiger partial charge in [-0.3, -0.25) is 0 Å². The molecule has 31 heavy (non-hydrogen) atoms. The summed E-state index contributed by atoms with van der Waals surface area (Å²) >= 11 is 1.47. The van der Waals surface area contributed by atoms with Crippen molar-refractivity contribution in [3.05, 3.63) is 84.1 Å². The monoisotopic (exact) mass is 438 g/mol. The topological polar surface area (TPSA) is 62.7 Å². The molecule has 0 amide bonds. The third kappa shape index (κ3) is 6.51. The second-order valence-corrected chi connectivity index (χ2v) is 7.95. The molecule has 0 N–H and O–H groups in total. The van der Waals surface area contributed by atoms with Crippen LogP contribution in [0.5, 0.6) is 5.88 Å². The van der Waals surface area contributed by atoms with Crippen LogP contribution >= 0.6 is 11.8 Å². The fourth-order valence-corrected chi connectivity index (χ4v) is 3.69. The molecule has 0 radical (unpaired) electrons. The Balaban J connectivity index is 1.36. The Morgan fingerprint density at radius 1 is 0.968 bits per heavy atom. The van der Waals surface area contributed by atoms with Crippen molar-refractivity contribution >= 4 is 11.8 Å². The largest absolute Gasteiger partial charge is 0.448 e. The molecule has 0 bridgehead atoms. The van der Waals surface area contributed by atoms with Crippen LogP contribution in [-0.4, -0.2) is 41.3 Å². The third-order valence-corrected chi connectivity index (χ3v) is 5.47. The van der Waals surface area contributed by atoms with Crippen molar-refractivity contribution in [2.45, 2.75) is 43.3 Å². The van der Waals surface area contributed by atoms with E-state index in [0.29, 0.717) is 37.3 Å². The predicted molar refractivity (Wildman–Crippen MR) is 119 cm³/mol. The molecule has 1 fully saturated rings. The summed E-state index contributed by atoms with van der Waals surface area (Å²) in [6, 6.07) is 21.9. The normalized spacial score (nSPS) is 20.6. The highest BCUT2D eigenvalue weighted by Crippen LogP contribution is 2.27. The van der Waals surface area contributed by atoms with E-state index < -0.39 is 6.29 Å². The second kappa shape index (κ2) is 11.2. The summed E-state index contributed by atoms with van der Waals surface area (Å²) in [5.74, 6) is 0.497. The summed E-state index contributed by atoms with van der Waals surface area (Å²) in [6.07, 6.45) is 3.41. The molecule has 2 heterocycles. The van der Waals surface area contributed by atoms with E-state index in [2.05, 4.69) is 22.1 Å². The highest BCUT2D eigenvalue weighted by molar-refractivity contribution is 7.98. The van der Waals surface area contributed by atoms with E-state index in [4.69, 9.17) is 18.9 Å². The number of aromatic nitrogens is 2. The van der Waals surface area contributed by atoms with Gasteiger partial charge in [-0.15, -0.1) is 0 Å². The van der Waals surface area contributed by atoms with Crippen LogP contribution in [0.4, 0.5) is 0 Å². The van der Waals surface area contributed by atoms with Crippen LogP contribution in [0.3, 0.4) is 0 Å². The van der Waals surface area contributed by atoms with Crippen molar-refractivity contribution in [1.82, 2.24) is 9.97 Å². The number of nitrogens with zero attached hydrogens (tertiary/aromatic N) is 2. The average Bonchev–Trinajstić information content (AvgIpc) is 3.20. The lowest BCUT2D eigenvalue weighted by molar-refractivity contribution is -0.113. The first-order chi connectivity index (χ1) is 15.3. The van der Waals surface area contributed by atoms with Gasteiger partial charge >= 0.3 is 0 Å². The van der Waals surface area contributed by atoms with Gasteiger partial charge in [-0.2, -0.15) is 4.98 Å². The van der Waals surface area contributed by atoms with Crippen LogP contribution < -0.4 is 4.74 Å². The van der Waals surface area contributed by atoms with Gasteiger partial charge in [0, 0.05) is 18.7 Å². The van der Waals surface area contributed by atoms with Crippen LogP contribution in [0.25, 0.3) is 0 Å². The summed E-state index contributed by atoms with van der Waals surface area (Å²) < 4.78 is 24.2. The molecule has 7 heteroatoms. The van der Waals surface area contributed by atoms with Crippen molar-refractivity contribution < 1.29 is 18.9 Å². The predicted octanol–water partition coefficient (Wildman–Crippen LogP) is 4.49. The van der Waals surface area contributed by atoms with Crippen molar-refractivity contribution in [3.8, 4) is 5.88 Å². The summed E-state index contributed by atoms with van der Waals surface area (Å²) in [5, 5.41) is 0.662. The van der Waals surface area contributed by atoms with Crippen molar-refractivity contribution in [2.75, 3.05) is 12.9 Å². The minimum atomic E-state index is -0.448. The SMILES string of the molecule is CSc1nccc(O[C@@H]2C[C@H](OCc3ccccc3)[C@@H](COCc3ccccc3)O2)n1. The number of thioether (sulfide) groups is 1. The molecule has 0 spiro atoms. The Morgan fingerprint density at radius 2 is 1.68 bits per heavy atom. The summed E-state index contributed by atoms with van der Waals surface area (Å²) in [6.45, 7) is 1.47. The van der Waals surface area contributed by atoms with Gasteiger partial charge in [0.15, 0.2) is 5.16 Å². The Labute approximate surface area is 186 Å². The lowest BCUT2D eigenvalue weighted by Crippen LogP contribution is -2.29. The first kappa shape index (κ1) is 21.8. The van der Waals surface area contributed by atoms with Crippen LogP contribution in [0.2, 0.25) is 0 Å². The summed E-state index contributed by atoms with van der Waals surface area (Å²) in [5.41, 5.74) is 2.25. The first-order valence-corrected chi connectivity index (χ1v) is 11.5. The standard InChI is InChI=1S/C24H26N2O4S/c1-31-24-25-13-12-22(26-24)30-23-14-20(28-16-19-10-6-3-7-11-19)21(29-23)17-27-15-18-8-4-2-5-9-18/h2-13,20-21,23H,14-17H2,1H3/t20-,21+,23+/m0/s1. The lowest BCUT2D eigenvalue weighted by atomic mass is 10.2. The van der Waals surface area contributed by atoms with Gasteiger partial charge in [0.2, 0.25) is 12.2 Å². The molecule has 1 saturated heterocycles. The van der Waals surface area contributed by atoms with E-state index in [0.717, 1.165) is 11.1 Å². The second-order valence-electron chi connectivity index (χ2n) is 7.18. The molecule has 0 unspecified atom stereocenters. The molecule has 162 valence electrons. The smallest absolute Gasteiger partial charge is 0.219 e. The molecule has 6 nitrogen and oxygen atoms in total. The van der Waals surface area contributed by atoms with E-state index in [1.165, 1.54) is 11.8 Å². The van der Waals surface area contributed by atoms with Crippen LogP contribution in [0.15, 0.2) is 78.1 Å². The fraction of sp³-hybridized carbons (Fsp3) is 0.333. The van der Waals surface area contributed by atoms with Gasteiger partial charge < -0.3 is 18.9 Å². The highest BCUT2D eigenvalue weighted by atomic mass is 32.2. The lowest BCUT2D eigenvalue weighted by Gasteiger charge is -2.19. The Morgan fingerprint density at radius 3 is 2.39 bits per heavy atom. The summed E-state index contributed by atoms with van der Waals surface area (Å²) in [7, 11) is 0. The van der Waals surface area contributed by atoms with Crippen LogP contribution in [0.1, 0.15) is 17.5 Å². The zero-order chi connectivity index (χ0) is 21.3. The molecular weight excluding hydrogens is 412 g/mol. The van der Waals surface area contributed by atoms with Crippen molar-refractivity contribution in [1.29, 1.82) is 0 Å². The van der Waals surface area contributed by atoms with E-state index in [1.807, 2.05) is 54.8 Å². The van der Waals surface area contributed by atoms with E-state index in [9.17, 15) is 0 Å². The van der Waals surface area contributed by atoms with Gasteiger partial charge in [-0.25, -0.2) is 4.98 Å². The number of hydrogen-bond donors (Lipinski definition) is 0. The van der Waals surface area contributed by atoms with Gasteiger partial charge in [-0.05, 0) is 17.4 Å². The quantitative estimate of drug-likeness (QED) is 0.341. The molecule has 3 aromatic rings. The number of benzene rings is 2. The maximum atomic E-state index is 6.20. The summed E-state index contributed by atoms with van der Waals surface area (Å²) in [4.78, 5) is 8.56. The Bertz CT molecular complexity index is 929. The molecule has 1 aliphatic rings. The number of rotatable bonds is 10. The van der Waals surface area contributed by atoms with Gasteiger partial charge in [-0.1, -0.05) is 72.4 Å². The average molecular weight is 439 g/mol. The molecule has 1 aliphatic heterocycles. The molecule has 2 aromatic carbocycles. The minimum absolute atomic E-state index is 0.136.